The van der Waals surface area contributed by atoms with Gasteiger partial charge in [0, 0.05) is 39.3 Å². The van der Waals surface area contributed by atoms with Crippen LogP contribution in [-0.2, 0) is 0 Å². The number of nitrogens with zero attached hydrogens (tertiary/aromatic N) is 4. The van der Waals surface area contributed by atoms with Crippen LogP contribution in [0, 0.1) is 0 Å². The fourth-order valence-electron chi connectivity index (χ4n) is 2.20. The average Bonchev–Trinajstić information content (AvgIpc) is 2.37. The lowest BCUT2D eigenvalue weighted by molar-refractivity contribution is 0.229. The molecule has 1 aromatic rings. The summed E-state index contributed by atoms with van der Waals surface area (Å²) in [5, 5.41) is 0. The molecule has 6 heteroatoms. The number of hydrogen-bond donors (Lipinski definition) is 1. The number of nitrogens with two attached hydrogens (primary N) is 1. The van der Waals surface area contributed by atoms with Crippen LogP contribution < -0.4 is 10.6 Å². The average molecular weight is 328 g/mol. The molecule has 0 spiro atoms. The van der Waals surface area contributed by atoms with Gasteiger partial charge in [-0.3, -0.25) is 4.90 Å². The van der Waals surface area contributed by atoms with Crippen LogP contribution >= 0.6 is 15.9 Å². The Morgan fingerprint density at radius 1 is 1.32 bits per heavy atom. The van der Waals surface area contributed by atoms with Crippen molar-refractivity contribution in [3.63, 3.8) is 0 Å². The normalized spacial score (nSPS) is 17.2. The molecule has 2 N–H and O–H groups in total. The van der Waals surface area contributed by atoms with Gasteiger partial charge in [-0.2, -0.15) is 0 Å². The Kier molecular flexibility index (Phi) is 5.01. The second-order valence-corrected chi connectivity index (χ2v) is 6.06. The summed E-state index contributed by atoms with van der Waals surface area (Å²) in [5.41, 5.74) is 6.42. The first-order valence-electron chi connectivity index (χ1n) is 6.59. The van der Waals surface area contributed by atoms with Crippen molar-refractivity contribution in [3.05, 3.63) is 16.7 Å². The number of piperazine rings is 1. The molecule has 0 amide bonds. The van der Waals surface area contributed by atoms with Gasteiger partial charge in [-0.05, 0) is 36.1 Å². The van der Waals surface area contributed by atoms with E-state index in [1.165, 1.54) is 0 Å². The van der Waals surface area contributed by atoms with Crippen LogP contribution in [0.15, 0.2) is 16.7 Å². The van der Waals surface area contributed by atoms with Gasteiger partial charge in [0.2, 0.25) is 0 Å². The zero-order chi connectivity index (χ0) is 13.8. The molecule has 0 radical (unpaired) electrons. The molecule has 0 bridgehead atoms. The van der Waals surface area contributed by atoms with Crippen molar-refractivity contribution in [2.45, 2.75) is 0 Å². The summed E-state index contributed by atoms with van der Waals surface area (Å²) < 4.78 is 0.981. The van der Waals surface area contributed by atoms with Gasteiger partial charge in [0.1, 0.15) is 5.82 Å². The molecule has 19 heavy (non-hydrogen) atoms. The van der Waals surface area contributed by atoms with Gasteiger partial charge in [0.15, 0.2) is 0 Å². The van der Waals surface area contributed by atoms with Crippen LogP contribution in [0.4, 0.5) is 11.5 Å². The summed E-state index contributed by atoms with van der Waals surface area (Å²) in [6.45, 7) is 6.46. The van der Waals surface area contributed by atoms with Crippen molar-refractivity contribution in [2.24, 2.45) is 0 Å². The van der Waals surface area contributed by atoms with Crippen molar-refractivity contribution in [3.8, 4) is 0 Å². The molecular formula is C13H22BrN5. The summed E-state index contributed by atoms with van der Waals surface area (Å²) >= 11 is 3.54. The number of anilines is 2. The molecule has 0 atom stereocenters. The van der Waals surface area contributed by atoms with E-state index in [0.29, 0.717) is 5.69 Å². The molecule has 1 aliphatic rings. The van der Waals surface area contributed by atoms with Gasteiger partial charge >= 0.3 is 0 Å². The number of rotatable bonds is 4. The number of aromatic nitrogens is 1. The van der Waals surface area contributed by atoms with Crippen LogP contribution in [0.2, 0.25) is 0 Å². The number of hydrogen-bond acceptors (Lipinski definition) is 5. The highest BCUT2D eigenvalue weighted by Gasteiger charge is 2.19. The van der Waals surface area contributed by atoms with Crippen LogP contribution in [-0.4, -0.2) is 68.1 Å². The Bertz CT molecular complexity index is 415. The molecule has 1 fully saturated rings. The van der Waals surface area contributed by atoms with Gasteiger partial charge in [-0.25, -0.2) is 4.98 Å². The van der Waals surface area contributed by atoms with E-state index in [1.54, 1.807) is 6.20 Å². The molecule has 0 unspecified atom stereocenters. The quantitative estimate of drug-likeness (QED) is 0.897. The first-order valence-corrected chi connectivity index (χ1v) is 7.38. The minimum absolute atomic E-state index is 0.695. The van der Waals surface area contributed by atoms with Gasteiger partial charge in [0.05, 0.1) is 16.4 Å². The molecule has 1 saturated heterocycles. The predicted molar refractivity (Wildman–Crippen MR) is 83.6 cm³/mol. The molecule has 106 valence electrons. The van der Waals surface area contributed by atoms with Crippen LogP contribution in [0.5, 0.6) is 0 Å². The lowest BCUT2D eigenvalue weighted by atomic mass is 10.3. The SMILES string of the molecule is CN(C)CCN1CCN(c2ncc(N)cc2Br)CC1. The molecule has 0 aromatic carbocycles. The van der Waals surface area contributed by atoms with Crippen LogP contribution in [0.1, 0.15) is 0 Å². The summed E-state index contributed by atoms with van der Waals surface area (Å²) in [7, 11) is 4.23. The molecular weight excluding hydrogens is 306 g/mol. The first kappa shape index (κ1) is 14.6. The molecule has 1 aliphatic heterocycles. The fraction of sp³-hybridized carbons (Fsp3) is 0.615. The maximum atomic E-state index is 5.72. The van der Waals surface area contributed by atoms with Crippen molar-refractivity contribution in [1.29, 1.82) is 0 Å². The third-order valence-corrected chi connectivity index (χ3v) is 3.96. The Labute approximate surface area is 123 Å². The fourth-order valence-corrected chi connectivity index (χ4v) is 2.82. The zero-order valence-corrected chi connectivity index (χ0v) is 13.2. The Morgan fingerprint density at radius 2 is 2.00 bits per heavy atom. The topological polar surface area (TPSA) is 48.6 Å². The van der Waals surface area contributed by atoms with E-state index < -0.39 is 0 Å². The molecule has 1 aromatic heterocycles. The minimum atomic E-state index is 0.695. The zero-order valence-electron chi connectivity index (χ0n) is 11.6. The van der Waals surface area contributed by atoms with Gasteiger partial charge < -0.3 is 15.5 Å². The Morgan fingerprint density at radius 3 is 2.58 bits per heavy atom. The Hall–Kier alpha value is -0.850. The molecule has 0 saturated carbocycles. The molecule has 2 heterocycles. The number of likely N-dealkylation sites (N-methyl/N-ethyl adjacent to an activating group) is 1. The standard InChI is InChI=1S/C13H22BrN5/c1-17(2)3-4-18-5-7-19(8-6-18)13-12(14)9-11(15)10-16-13/h9-10H,3-8,15H2,1-2H3. The number of nitrogen functional groups attached to an aromatic ring is 1. The summed E-state index contributed by atoms with van der Waals surface area (Å²) in [5.74, 6) is 1.00. The van der Waals surface area contributed by atoms with E-state index in [4.69, 9.17) is 5.73 Å². The highest BCUT2D eigenvalue weighted by atomic mass is 79.9. The summed E-state index contributed by atoms with van der Waals surface area (Å²) in [6.07, 6.45) is 1.72. The van der Waals surface area contributed by atoms with E-state index in [2.05, 4.69) is 49.7 Å². The monoisotopic (exact) mass is 327 g/mol. The van der Waals surface area contributed by atoms with Crippen molar-refractivity contribution in [1.82, 2.24) is 14.8 Å². The van der Waals surface area contributed by atoms with E-state index in [1.807, 2.05) is 6.07 Å². The third kappa shape index (κ3) is 4.06. The van der Waals surface area contributed by atoms with Crippen LogP contribution in [0.25, 0.3) is 0 Å². The van der Waals surface area contributed by atoms with Crippen molar-refractivity contribution < 1.29 is 0 Å². The predicted octanol–water partition coefficient (Wildman–Crippen LogP) is 1.11. The van der Waals surface area contributed by atoms with Crippen molar-refractivity contribution >= 4 is 27.4 Å². The number of halogens is 1. The lowest BCUT2D eigenvalue weighted by Crippen LogP contribution is -2.48. The smallest absolute Gasteiger partial charge is 0.143 e. The van der Waals surface area contributed by atoms with Gasteiger partial charge in [-0.1, -0.05) is 0 Å². The van der Waals surface area contributed by atoms with E-state index in [-0.39, 0.29) is 0 Å². The lowest BCUT2D eigenvalue weighted by Gasteiger charge is -2.36. The molecule has 0 aliphatic carbocycles. The summed E-state index contributed by atoms with van der Waals surface area (Å²) in [4.78, 5) is 11.5. The first-order chi connectivity index (χ1) is 9.06. The van der Waals surface area contributed by atoms with E-state index in [9.17, 15) is 0 Å². The highest BCUT2D eigenvalue weighted by molar-refractivity contribution is 9.10. The third-order valence-electron chi connectivity index (χ3n) is 3.38. The van der Waals surface area contributed by atoms with E-state index >= 15 is 0 Å². The van der Waals surface area contributed by atoms with Crippen molar-refractivity contribution in [2.75, 3.05) is 64.0 Å². The largest absolute Gasteiger partial charge is 0.397 e. The minimum Gasteiger partial charge on any atom is -0.397 e. The summed E-state index contributed by atoms with van der Waals surface area (Å²) in [6, 6.07) is 1.92. The highest BCUT2D eigenvalue weighted by Crippen LogP contribution is 2.26. The maximum absolute atomic E-state index is 5.72. The maximum Gasteiger partial charge on any atom is 0.143 e. The Balaban J connectivity index is 1.89. The van der Waals surface area contributed by atoms with Crippen LogP contribution in [0.3, 0.4) is 0 Å². The molecule has 2 rings (SSSR count). The molecule has 5 nitrogen and oxygen atoms in total. The van der Waals surface area contributed by atoms with E-state index in [0.717, 1.165) is 49.6 Å². The second kappa shape index (κ2) is 6.54. The van der Waals surface area contributed by atoms with Gasteiger partial charge in [-0.15, -0.1) is 0 Å². The number of pyridine rings is 1. The second-order valence-electron chi connectivity index (χ2n) is 5.21. The van der Waals surface area contributed by atoms with Gasteiger partial charge in [0.25, 0.3) is 0 Å².